The number of esters is 1. The van der Waals surface area contributed by atoms with Gasteiger partial charge in [-0.1, -0.05) is 38.3 Å². The van der Waals surface area contributed by atoms with Gasteiger partial charge in [0, 0.05) is 0 Å². The van der Waals surface area contributed by atoms with Crippen LogP contribution in [0.5, 0.6) is 0 Å². The highest BCUT2D eigenvalue weighted by molar-refractivity contribution is 5.89. The molecule has 32 heavy (non-hydrogen) atoms. The Bertz CT molecular complexity index is 741. The van der Waals surface area contributed by atoms with Gasteiger partial charge in [-0.25, -0.2) is 13.6 Å². The number of hydrogen-bond acceptors (Lipinski definition) is 2. The zero-order valence-corrected chi connectivity index (χ0v) is 17.5. The minimum Gasteiger partial charge on any atom is -0.455 e. The Morgan fingerprint density at radius 3 is 2.06 bits per heavy atom. The third-order valence-electron chi connectivity index (χ3n) is 5.97. The third-order valence-corrected chi connectivity index (χ3v) is 5.97. The fourth-order valence-electron chi connectivity index (χ4n) is 3.88. The lowest BCUT2D eigenvalue weighted by molar-refractivity contribution is -0.343. The van der Waals surface area contributed by atoms with E-state index in [-0.39, 0.29) is 11.5 Å². The summed E-state index contributed by atoms with van der Waals surface area (Å²) >= 11 is 0. The van der Waals surface area contributed by atoms with E-state index in [1.807, 2.05) is 0 Å². The normalized spacial score (nSPS) is 20.4. The second kappa shape index (κ2) is 10.4. The maximum Gasteiger partial charge on any atom is 0.381 e. The van der Waals surface area contributed by atoms with Gasteiger partial charge in [0.25, 0.3) is 0 Å². The van der Waals surface area contributed by atoms with Crippen LogP contribution in [0, 0.1) is 5.92 Å². The largest absolute Gasteiger partial charge is 0.455 e. The van der Waals surface area contributed by atoms with Crippen molar-refractivity contribution in [1.29, 1.82) is 0 Å². The Labute approximate surface area is 181 Å². The first-order chi connectivity index (χ1) is 14.8. The Hall–Kier alpha value is -1.87. The summed E-state index contributed by atoms with van der Waals surface area (Å²) in [6, 6.07) is 5.74. The average molecular weight is 474 g/mol. The highest BCUT2D eigenvalue weighted by Gasteiger charge is 2.75. The van der Waals surface area contributed by atoms with E-state index in [9.17, 15) is 39.9 Å². The van der Waals surface area contributed by atoms with E-state index in [0.29, 0.717) is 5.92 Å². The number of rotatable bonds is 10. The molecule has 2 rings (SSSR count). The molecule has 0 bridgehead atoms. The molecule has 1 aromatic carbocycles. The van der Waals surface area contributed by atoms with Crippen molar-refractivity contribution >= 4 is 5.97 Å². The van der Waals surface area contributed by atoms with Gasteiger partial charge < -0.3 is 4.74 Å². The minimum absolute atomic E-state index is 0.245. The second-order valence-corrected chi connectivity index (χ2v) is 8.26. The van der Waals surface area contributed by atoms with E-state index in [1.54, 1.807) is 12.1 Å². The Balaban J connectivity index is 1.94. The highest BCUT2D eigenvalue weighted by atomic mass is 19.4. The molecule has 0 spiro atoms. The van der Waals surface area contributed by atoms with Crippen LogP contribution < -0.4 is 0 Å². The first-order valence-corrected chi connectivity index (χ1v) is 10.5. The quantitative estimate of drug-likeness (QED) is 0.260. The fourth-order valence-corrected chi connectivity index (χ4v) is 3.88. The number of carbonyl (C=O) groups is 1. The van der Waals surface area contributed by atoms with Gasteiger partial charge in [-0.3, -0.25) is 0 Å². The standard InChI is InChI=1S/C22H26F8O2/c1-2-3-4-14-5-7-15(8-6-14)16-9-11-17(12-10-16)18(31)32-13-20(25,26)22(29,30)21(27,28)19(23)24/h9-12,14-15,19H,2-8,13H2,1H3/t14-,15-. The minimum atomic E-state index is -6.41. The molecular weight excluding hydrogens is 448 g/mol. The number of benzene rings is 1. The Morgan fingerprint density at radius 2 is 1.56 bits per heavy atom. The fraction of sp³-hybridized carbons (Fsp3) is 0.682. The number of halogens is 8. The maximum atomic E-state index is 13.5. The predicted octanol–water partition coefficient (Wildman–Crippen LogP) is 7.48. The molecule has 0 aromatic heterocycles. The molecule has 0 atom stereocenters. The molecule has 1 saturated carbocycles. The number of carbonyl (C=O) groups excluding carboxylic acids is 1. The van der Waals surface area contributed by atoms with Crippen molar-refractivity contribution in [3.05, 3.63) is 35.4 Å². The van der Waals surface area contributed by atoms with Gasteiger partial charge in [0.05, 0.1) is 5.56 Å². The molecule has 0 heterocycles. The molecule has 182 valence electrons. The van der Waals surface area contributed by atoms with Gasteiger partial charge in [0.15, 0.2) is 6.61 Å². The maximum absolute atomic E-state index is 13.5. The monoisotopic (exact) mass is 474 g/mol. The van der Waals surface area contributed by atoms with Crippen LogP contribution in [0.15, 0.2) is 24.3 Å². The van der Waals surface area contributed by atoms with Crippen LogP contribution in [-0.4, -0.2) is 36.8 Å². The summed E-state index contributed by atoms with van der Waals surface area (Å²) in [6.07, 6.45) is 2.62. The molecule has 1 aliphatic rings. The first-order valence-electron chi connectivity index (χ1n) is 10.5. The van der Waals surface area contributed by atoms with Crippen molar-refractivity contribution in [3.63, 3.8) is 0 Å². The van der Waals surface area contributed by atoms with E-state index in [0.717, 1.165) is 37.7 Å². The molecule has 0 unspecified atom stereocenters. The topological polar surface area (TPSA) is 26.3 Å². The molecule has 0 N–H and O–H groups in total. The lowest BCUT2D eigenvalue weighted by Crippen LogP contribution is -2.59. The number of ether oxygens (including phenoxy) is 1. The Morgan fingerprint density at radius 1 is 1.00 bits per heavy atom. The van der Waals surface area contributed by atoms with E-state index in [2.05, 4.69) is 11.7 Å². The first kappa shape index (κ1) is 26.4. The molecule has 1 aromatic rings. The summed E-state index contributed by atoms with van der Waals surface area (Å²) in [4.78, 5) is 11.9. The van der Waals surface area contributed by atoms with Crippen LogP contribution in [-0.2, 0) is 4.74 Å². The molecule has 1 fully saturated rings. The van der Waals surface area contributed by atoms with Crippen molar-refractivity contribution in [2.24, 2.45) is 5.92 Å². The van der Waals surface area contributed by atoms with E-state index in [1.165, 1.54) is 25.0 Å². The smallest absolute Gasteiger partial charge is 0.381 e. The molecule has 0 radical (unpaired) electrons. The third kappa shape index (κ3) is 5.73. The second-order valence-electron chi connectivity index (χ2n) is 8.26. The Kier molecular flexibility index (Phi) is 8.56. The highest BCUT2D eigenvalue weighted by Crippen LogP contribution is 2.48. The lowest BCUT2D eigenvalue weighted by Gasteiger charge is -2.31. The van der Waals surface area contributed by atoms with Crippen molar-refractivity contribution in [2.45, 2.75) is 82.0 Å². The number of alkyl halides is 8. The van der Waals surface area contributed by atoms with Gasteiger partial charge in [-0.05, 0) is 55.2 Å². The van der Waals surface area contributed by atoms with Gasteiger partial charge in [-0.2, -0.15) is 26.3 Å². The van der Waals surface area contributed by atoms with Gasteiger partial charge in [0.1, 0.15) is 0 Å². The van der Waals surface area contributed by atoms with Crippen molar-refractivity contribution in [3.8, 4) is 0 Å². The zero-order chi connectivity index (χ0) is 24.2. The van der Waals surface area contributed by atoms with Gasteiger partial charge in [-0.15, -0.1) is 0 Å². The molecule has 1 aliphatic carbocycles. The molecule has 0 aliphatic heterocycles. The van der Waals surface area contributed by atoms with Crippen LogP contribution in [0.3, 0.4) is 0 Å². The van der Waals surface area contributed by atoms with Crippen LogP contribution in [0.4, 0.5) is 35.1 Å². The van der Waals surface area contributed by atoms with Crippen LogP contribution in [0.2, 0.25) is 0 Å². The molecule has 0 amide bonds. The van der Waals surface area contributed by atoms with E-state index >= 15 is 0 Å². The molecule has 0 saturated heterocycles. The predicted molar refractivity (Wildman–Crippen MR) is 102 cm³/mol. The summed E-state index contributed by atoms with van der Waals surface area (Å²) < 4.78 is 107. The average Bonchev–Trinajstić information content (AvgIpc) is 2.76. The van der Waals surface area contributed by atoms with Crippen LogP contribution >= 0.6 is 0 Å². The molecule has 2 nitrogen and oxygen atoms in total. The van der Waals surface area contributed by atoms with Crippen LogP contribution in [0.25, 0.3) is 0 Å². The SMILES string of the molecule is CCCC[C@H]1CC[C@H](c2ccc(C(=O)OCC(F)(F)C(F)(F)C(F)(F)C(F)F)cc2)CC1. The van der Waals surface area contributed by atoms with E-state index < -0.39 is 36.8 Å². The molecule has 10 heteroatoms. The van der Waals surface area contributed by atoms with Crippen molar-refractivity contribution < 1.29 is 44.7 Å². The zero-order valence-electron chi connectivity index (χ0n) is 17.5. The number of unbranched alkanes of at least 4 members (excludes halogenated alkanes) is 1. The van der Waals surface area contributed by atoms with E-state index in [4.69, 9.17) is 0 Å². The summed E-state index contributed by atoms with van der Waals surface area (Å²) in [6.45, 7) is -0.325. The number of hydrogen-bond donors (Lipinski definition) is 0. The summed E-state index contributed by atoms with van der Waals surface area (Å²) in [5, 5.41) is 0. The summed E-state index contributed by atoms with van der Waals surface area (Å²) in [5.74, 6) is -18.9. The molecular formula is C22H26F8O2. The summed E-state index contributed by atoms with van der Waals surface area (Å²) in [5.41, 5.74) is 0.689. The summed E-state index contributed by atoms with van der Waals surface area (Å²) in [7, 11) is 0. The van der Waals surface area contributed by atoms with Gasteiger partial charge >= 0.3 is 30.2 Å². The van der Waals surface area contributed by atoms with Crippen LogP contribution in [0.1, 0.15) is 73.7 Å². The van der Waals surface area contributed by atoms with Crippen molar-refractivity contribution in [2.75, 3.05) is 6.61 Å². The van der Waals surface area contributed by atoms with Crippen molar-refractivity contribution in [1.82, 2.24) is 0 Å². The lowest BCUT2D eigenvalue weighted by atomic mass is 9.77. The van der Waals surface area contributed by atoms with Gasteiger partial charge in [0.2, 0.25) is 0 Å².